The fourth-order valence-corrected chi connectivity index (χ4v) is 2.48. The molecule has 0 fully saturated rings. The average Bonchev–Trinajstić information content (AvgIpc) is 2.27. The Morgan fingerprint density at radius 3 is 2.53 bits per heavy atom. The van der Waals surface area contributed by atoms with Crippen molar-refractivity contribution in [3.05, 3.63) is 34.9 Å². The summed E-state index contributed by atoms with van der Waals surface area (Å²) in [5.74, 6) is 0.154. The fraction of sp³-hybridized carbons (Fsp3) is 0.571. The Morgan fingerprint density at radius 2 is 2.06 bits per heavy atom. The molecule has 2 atom stereocenters. The summed E-state index contributed by atoms with van der Waals surface area (Å²) in [4.78, 5) is 2.09. The van der Waals surface area contributed by atoms with Crippen LogP contribution in [0.25, 0.3) is 0 Å². The van der Waals surface area contributed by atoms with Crippen LogP contribution in [0.15, 0.2) is 24.3 Å². The molecule has 0 saturated carbocycles. The van der Waals surface area contributed by atoms with Crippen LogP contribution in [0.2, 0.25) is 5.02 Å². The molecular formula is C14H22ClNO. The van der Waals surface area contributed by atoms with Crippen LogP contribution in [0.5, 0.6) is 0 Å². The third kappa shape index (κ3) is 3.44. The first kappa shape index (κ1) is 14.5. The van der Waals surface area contributed by atoms with Crippen molar-refractivity contribution in [3.63, 3.8) is 0 Å². The van der Waals surface area contributed by atoms with E-state index in [1.807, 2.05) is 45.3 Å². The molecule has 0 bridgehead atoms. The Labute approximate surface area is 109 Å². The van der Waals surface area contributed by atoms with Crippen molar-refractivity contribution in [1.82, 2.24) is 4.90 Å². The quantitative estimate of drug-likeness (QED) is 0.874. The van der Waals surface area contributed by atoms with Crippen LogP contribution in [-0.4, -0.2) is 30.6 Å². The minimum absolute atomic E-state index is 0.154. The molecule has 0 aromatic heterocycles. The summed E-state index contributed by atoms with van der Waals surface area (Å²) in [6.45, 7) is 4.92. The Balaban J connectivity index is 3.02. The van der Waals surface area contributed by atoms with Gasteiger partial charge in [-0.2, -0.15) is 0 Å². The summed E-state index contributed by atoms with van der Waals surface area (Å²) in [5.41, 5.74) is 0.0941. The van der Waals surface area contributed by atoms with Gasteiger partial charge in [0.1, 0.15) is 0 Å². The van der Waals surface area contributed by atoms with Gasteiger partial charge >= 0.3 is 0 Å². The van der Waals surface area contributed by atoms with E-state index >= 15 is 0 Å². The van der Waals surface area contributed by atoms with E-state index in [1.54, 1.807) is 0 Å². The highest BCUT2D eigenvalue weighted by molar-refractivity contribution is 6.30. The highest BCUT2D eigenvalue weighted by Gasteiger charge is 2.34. The normalized spacial score (nSPS) is 16.9. The molecular weight excluding hydrogens is 234 g/mol. The van der Waals surface area contributed by atoms with Gasteiger partial charge in [-0.15, -0.1) is 0 Å². The van der Waals surface area contributed by atoms with E-state index in [9.17, 15) is 5.11 Å². The summed E-state index contributed by atoms with van der Waals surface area (Å²) >= 11 is 6.00. The van der Waals surface area contributed by atoms with Gasteiger partial charge in [-0.1, -0.05) is 37.6 Å². The van der Waals surface area contributed by atoms with Gasteiger partial charge in [0.05, 0.1) is 5.60 Å². The molecule has 0 amide bonds. The minimum atomic E-state index is -0.810. The van der Waals surface area contributed by atoms with E-state index in [0.29, 0.717) is 11.4 Å². The maximum atomic E-state index is 10.8. The topological polar surface area (TPSA) is 23.5 Å². The summed E-state index contributed by atoms with van der Waals surface area (Å²) in [7, 11) is 4.04. The number of halogens is 1. The minimum Gasteiger partial charge on any atom is -0.385 e. The molecule has 0 radical (unpaired) electrons. The van der Waals surface area contributed by atoms with Crippen LogP contribution >= 0.6 is 11.6 Å². The first-order chi connectivity index (χ1) is 7.90. The Bertz CT molecular complexity index is 367. The summed E-state index contributed by atoms with van der Waals surface area (Å²) in [5, 5.41) is 11.5. The maximum absolute atomic E-state index is 10.8. The summed E-state index contributed by atoms with van der Waals surface area (Å²) in [6, 6.07) is 7.52. The molecule has 1 rings (SSSR count). The molecule has 96 valence electrons. The lowest BCUT2D eigenvalue weighted by Crippen LogP contribution is -2.38. The van der Waals surface area contributed by atoms with Crippen molar-refractivity contribution in [3.8, 4) is 0 Å². The average molecular weight is 256 g/mol. The number of nitrogens with zero attached hydrogens (tertiary/aromatic N) is 1. The van der Waals surface area contributed by atoms with E-state index in [2.05, 4.69) is 11.8 Å². The lowest BCUT2D eigenvalue weighted by atomic mass is 9.80. The highest BCUT2D eigenvalue weighted by atomic mass is 35.5. The highest BCUT2D eigenvalue weighted by Crippen LogP contribution is 2.34. The third-order valence-corrected chi connectivity index (χ3v) is 3.55. The van der Waals surface area contributed by atoms with E-state index < -0.39 is 5.60 Å². The van der Waals surface area contributed by atoms with Crippen molar-refractivity contribution in [2.45, 2.75) is 25.9 Å². The molecule has 3 heteroatoms. The van der Waals surface area contributed by atoms with E-state index in [-0.39, 0.29) is 5.92 Å². The van der Waals surface area contributed by atoms with Gasteiger partial charge in [0, 0.05) is 17.5 Å². The molecule has 0 aliphatic carbocycles. The molecule has 1 N–H and O–H groups in total. The third-order valence-electron chi connectivity index (χ3n) is 3.32. The molecule has 1 aromatic rings. The molecule has 0 saturated heterocycles. The molecule has 17 heavy (non-hydrogen) atoms. The Morgan fingerprint density at radius 1 is 1.41 bits per heavy atom. The lowest BCUT2D eigenvalue weighted by molar-refractivity contribution is -0.0291. The SMILES string of the molecule is CC[C@](O)(c1cccc(Cl)c1)C(C)CN(C)C. The van der Waals surface area contributed by atoms with Gasteiger partial charge in [0.15, 0.2) is 0 Å². The first-order valence-corrected chi connectivity index (χ1v) is 6.41. The van der Waals surface area contributed by atoms with Gasteiger partial charge in [-0.05, 0) is 38.2 Å². The second-order valence-electron chi connectivity index (χ2n) is 4.95. The molecule has 1 unspecified atom stereocenters. The van der Waals surface area contributed by atoms with E-state index in [4.69, 9.17) is 11.6 Å². The zero-order valence-corrected chi connectivity index (χ0v) is 11.8. The standard InChI is InChI=1S/C14H22ClNO/c1-5-14(17,11(2)10-16(3)4)12-7-6-8-13(15)9-12/h6-9,11,17H,5,10H2,1-4H3/t11?,14-/m1/s1. The smallest absolute Gasteiger partial charge is 0.0932 e. The van der Waals surface area contributed by atoms with Crippen molar-refractivity contribution in [2.75, 3.05) is 20.6 Å². The van der Waals surface area contributed by atoms with Gasteiger partial charge in [0.2, 0.25) is 0 Å². The van der Waals surface area contributed by atoms with Crippen molar-refractivity contribution in [1.29, 1.82) is 0 Å². The largest absolute Gasteiger partial charge is 0.385 e. The van der Waals surface area contributed by atoms with Gasteiger partial charge in [-0.25, -0.2) is 0 Å². The van der Waals surface area contributed by atoms with Crippen LogP contribution in [0.3, 0.4) is 0 Å². The maximum Gasteiger partial charge on any atom is 0.0932 e. The van der Waals surface area contributed by atoms with E-state index in [1.165, 1.54) is 0 Å². The predicted octanol–water partition coefficient (Wildman–Crippen LogP) is 3.14. The molecule has 0 aliphatic rings. The second kappa shape index (κ2) is 5.85. The fourth-order valence-electron chi connectivity index (χ4n) is 2.29. The number of aliphatic hydroxyl groups is 1. The Kier molecular flexibility index (Phi) is 4.99. The van der Waals surface area contributed by atoms with Gasteiger partial charge in [0.25, 0.3) is 0 Å². The second-order valence-corrected chi connectivity index (χ2v) is 5.39. The number of benzene rings is 1. The van der Waals surface area contributed by atoms with Crippen molar-refractivity contribution in [2.24, 2.45) is 5.92 Å². The van der Waals surface area contributed by atoms with Crippen LogP contribution < -0.4 is 0 Å². The predicted molar refractivity (Wildman–Crippen MR) is 73.4 cm³/mol. The van der Waals surface area contributed by atoms with Gasteiger partial charge in [-0.3, -0.25) is 0 Å². The Hall–Kier alpha value is -0.570. The molecule has 1 aromatic carbocycles. The number of rotatable bonds is 5. The first-order valence-electron chi connectivity index (χ1n) is 6.03. The van der Waals surface area contributed by atoms with Gasteiger partial charge < -0.3 is 10.0 Å². The van der Waals surface area contributed by atoms with E-state index in [0.717, 1.165) is 12.1 Å². The van der Waals surface area contributed by atoms with Crippen LogP contribution in [-0.2, 0) is 5.60 Å². The van der Waals surface area contributed by atoms with Crippen LogP contribution in [0.4, 0.5) is 0 Å². The monoisotopic (exact) mass is 255 g/mol. The number of hydrogen-bond donors (Lipinski definition) is 1. The molecule has 2 nitrogen and oxygen atoms in total. The van der Waals surface area contributed by atoms with Crippen LogP contribution in [0, 0.1) is 5.92 Å². The summed E-state index contributed by atoms with van der Waals surface area (Å²) in [6.07, 6.45) is 0.683. The zero-order chi connectivity index (χ0) is 13.1. The number of hydrogen-bond acceptors (Lipinski definition) is 2. The van der Waals surface area contributed by atoms with Crippen LogP contribution in [0.1, 0.15) is 25.8 Å². The molecule has 0 spiro atoms. The summed E-state index contributed by atoms with van der Waals surface area (Å²) < 4.78 is 0. The zero-order valence-electron chi connectivity index (χ0n) is 11.1. The lowest BCUT2D eigenvalue weighted by Gasteiger charge is -2.35. The molecule has 0 heterocycles. The van der Waals surface area contributed by atoms with Crippen molar-refractivity contribution < 1.29 is 5.11 Å². The van der Waals surface area contributed by atoms with Crippen molar-refractivity contribution >= 4 is 11.6 Å². The molecule has 0 aliphatic heterocycles.